The maximum Gasteiger partial charge on any atom is 0.276 e. The number of hydrogen-bond donors (Lipinski definition) is 1. The number of nitrogens with one attached hydrogen (secondary N) is 1. The Kier molecular flexibility index (Phi) is 5.75. The van der Waals surface area contributed by atoms with Crippen molar-refractivity contribution in [2.45, 2.75) is 4.90 Å². The molecule has 0 saturated heterocycles. The minimum atomic E-state index is -4.08. The molecule has 2 rings (SSSR count). The highest BCUT2D eigenvalue weighted by atomic mass is 32.2. The largest absolute Gasteiger partial charge is 0.276 e. The predicted octanol–water partition coefficient (Wildman–Crippen LogP) is 2.48. The lowest BCUT2D eigenvalue weighted by Gasteiger charge is -2.02. The summed E-state index contributed by atoms with van der Waals surface area (Å²) >= 11 is 0. The third-order valence-electron chi connectivity index (χ3n) is 3.08. The third kappa shape index (κ3) is 4.70. The fourth-order valence-corrected chi connectivity index (χ4v) is 2.74. The van der Waals surface area contributed by atoms with E-state index < -0.39 is 19.9 Å². The van der Waals surface area contributed by atoms with Crippen LogP contribution >= 0.6 is 0 Å². The fourth-order valence-electron chi connectivity index (χ4n) is 1.90. The van der Waals surface area contributed by atoms with Crippen LogP contribution in [0.25, 0.3) is 6.08 Å². The number of hydrazone groups is 1. The van der Waals surface area contributed by atoms with E-state index in [-0.39, 0.29) is 16.3 Å². The van der Waals surface area contributed by atoms with Crippen molar-refractivity contribution >= 4 is 33.7 Å². The fraction of sp³-hybridized carbons (Fsp3) is 0. The zero-order valence-corrected chi connectivity index (χ0v) is 13.9. The van der Waals surface area contributed by atoms with Crippen molar-refractivity contribution in [2.75, 3.05) is 0 Å². The van der Waals surface area contributed by atoms with Gasteiger partial charge in [0.15, 0.2) is 0 Å². The van der Waals surface area contributed by atoms with Crippen LogP contribution in [0.15, 0.2) is 64.6 Å². The SMILES string of the molecule is O=[N+]([O-])c1cccc(S(=O)(=O)N/N=C/C=C/c2ccccc2[N+](=O)[O-])c1. The van der Waals surface area contributed by atoms with E-state index in [2.05, 4.69) is 5.10 Å². The van der Waals surface area contributed by atoms with Crippen LogP contribution in [0.1, 0.15) is 5.56 Å². The monoisotopic (exact) mass is 376 g/mol. The first-order valence-corrected chi connectivity index (χ1v) is 8.49. The smallest absolute Gasteiger partial charge is 0.258 e. The number of sulfonamides is 1. The van der Waals surface area contributed by atoms with Crippen molar-refractivity contribution in [2.24, 2.45) is 5.10 Å². The van der Waals surface area contributed by atoms with Gasteiger partial charge < -0.3 is 0 Å². The van der Waals surface area contributed by atoms with E-state index in [1.165, 1.54) is 42.5 Å². The summed E-state index contributed by atoms with van der Waals surface area (Å²) in [5.41, 5.74) is -0.145. The van der Waals surface area contributed by atoms with Gasteiger partial charge in [-0.25, -0.2) is 4.83 Å². The molecule has 0 fully saturated rings. The van der Waals surface area contributed by atoms with E-state index in [1.807, 2.05) is 4.83 Å². The van der Waals surface area contributed by atoms with Gasteiger partial charge in [0, 0.05) is 24.4 Å². The average Bonchev–Trinajstić information content (AvgIpc) is 2.61. The summed E-state index contributed by atoms with van der Waals surface area (Å²) < 4.78 is 24.0. The van der Waals surface area contributed by atoms with Gasteiger partial charge in [-0.15, -0.1) is 0 Å². The number of benzene rings is 2. The van der Waals surface area contributed by atoms with Gasteiger partial charge in [-0.05, 0) is 24.3 Å². The topological polar surface area (TPSA) is 145 Å². The van der Waals surface area contributed by atoms with Crippen molar-refractivity contribution in [3.63, 3.8) is 0 Å². The Morgan fingerprint density at radius 3 is 2.42 bits per heavy atom. The zero-order chi connectivity index (χ0) is 19.2. The Labute approximate surface area is 147 Å². The maximum atomic E-state index is 12.0. The van der Waals surface area contributed by atoms with Gasteiger partial charge in [-0.1, -0.05) is 18.2 Å². The normalized spacial score (nSPS) is 11.7. The molecule has 0 aliphatic heterocycles. The number of allylic oxidation sites excluding steroid dienone is 1. The Morgan fingerprint density at radius 1 is 1.00 bits per heavy atom. The highest BCUT2D eigenvalue weighted by Crippen LogP contribution is 2.19. The van der Waals surface area contributed by atoms with Crippen molar-refractivity contribution in [1.29, 1.82) is 0 Å². The lowest BCUT2D eigenvalue weighted by Crippen LogP contribution is -2.18. The zero-order valence-electron chi connectivity index (χ0n) is 13.1. The van der Waals surface area contributed by atoms with Gasteiger partial charge >= 0.3 is 0 Å². The highest BCUT2D eigenvalue weighted by Gasteiger charge is 2.16. The van der Waals surface area contributed by atoms with E-state index >= 15 is 0 Å². The van der Waals surface area contributed by atoms with Crippen molar-refractivity contribution in [3.8, 4) is 0 Å². The number of hydrogen-bond acceptors (Lipinski definition) is 7. The Hall–Kier alpha value is -3.60. The van der Waals surface area contributed by atoms with Gasteiger partial charge in [-0.3, -0.25) is 20.2 Å². The van der Waals surface area contributed by atoms with Crippen LogP contribution in [0.4, 0.5) is 11.4 Å². The first-order valence-electron chi connectivity index (χ1n) is 7.00. The van der Waals surface area contributed by atoms with E-state index in [1.54, 1.807) is 6.07 Å². The van der Waals surface area contributed by atoms with E-state index in [9.17, 15) is 28.6 Å². The summed E-state index contributed by atoms with van der Waals surface area (Å²) in [6.45, 7) is 0. The van der Waals surface area contributed by atoms with Gasteiger partial charge in [0.05, 0.1) is 20.3 Å². The third-order valence-corrected chi connectivity index (χ3v) is 4.30. The minimum absolute atomic E-state index is 0.102. The molecule has 134 valence electrons. The standard InChI is InChI=1S/C15H12N4O6S/c20-18(21)13-7-3-8-14(11-13)26(24,25)17-16-10-4-6-12-5-1-2-9-15(12)19(22)23/h1-11,17H/b6-4+,16-10+. The Morgan fingerprint density at radius 2 is 1.73 bits per heavy atom. The molecule has 2 aromatic carbocycles. The summed E-state index contributed by atoms with van der Waals surface area (Å²) in [6.07, 6.45) is 3.80. The van der Waals surface area contributed by atoms with Crippen LogP contribution < -0.4 is 4.83 Å². The van der Waals surface area contributed by atoms with Gasteiger partial charge in [-0.2, -0.15) is 13.5 Å². The van der Waals surface area contributed by atoms with Crippen LogP contribution in [0.5, 0.6) is 0 Å². The summed E-state index contributed by atoms with van der Waals surface area (Å²) in [7, 11) is -4.08. The van der Waals surface area contributed by atoms with Gasteiger partial charge in [0.1, 0.15) is 0 Å². The minimum Gasteiger partial charge on any atom is -0.258 e. The van der Waals surface area contributed by atoms with E-state index in [0.29, 0.717) is 5.56 Å². The molecule has 10 nitrogen and oxygen atoms in total. The quantitative estimate of drug-likeness (QED) is 0.446. The molecule has 0 radical (unpaired) electrons. The summed E-state index contributed by atoms with van der Waals surface area (Å²) in [5.74, 6) is 0. The number of nitrogens with zero attached hydrogens (tertiary/aromatic N) is 3. The molecule has 0 amide bonds. The van der Waals surface area contributed by atoms with Crippen molar-refractivity contribution in [1.82, 2.24) is 4.83 Å². The molecular weight excluding hydrogens is 364 g/mol. The number of rotatable bonds is 7. The molecule has 0 aliphatic rings. The molecular formula is C15H12N4O6S. The van der Waals surface area contributed by atoms with E-state index in [0.717, 1.165) is 18.3 Å². The maximum absolute atomic E-state index is 12.0. The molecule has 2 aromatic rings. The summed E-state index contributed by atoms with van der Waals surface area (Å²) in [5, 5.41) is 25.1. The molecule has 0 saturated carbocycles. The summed E-state index contributed by atoms with van der Waals surface area (Å²) in [4.78, 5) is 21.9. The van der Waals surface area contributed by atoms with Crippen molar-refractivity contribution < 1.29 is 18.3 Å². The average molecular weight is 376 g/mol. The van der Waals surface area contributed by atoms with Crippen LogP contribution in [-0.4, -0.2) is 24.5 Å². The lowest BCUT2D eigenvalue weighted by atomic mass is 10.2. The Balaban J connectivity index is 2.09. The van der Waals surface area contributed by atoms with Gasteiger partial charge in [0.25, 0.3) is 21.4 Å². The lowest BCUT2D eigenvalue weighted by molar-refractivity contribution is -0.385. The number of para-hydroxylation sites is 1. The molecule has 0 spiro atoms. The number of nitro groups is 2. The predicted molar refractivity (Wildman–Crippen MR) is 94.0 cm³/mol. The number of non-ortho nitro benzene ring substituents is 1. The molecule has 0 aromatic heterocycles. The highest BCUT2D eigenvalue weighted by molar-refractivity contribution is 7.89. The molecule has 0 atom stereocenters. The molecule has 0 heterocycles. The molecule has 0 aliphatic carbocycles. The van der Waals surface area contributed by atoms with Gasteiger partial charge in [0.2, 0.25) is 0 Å². The first-order chi connectivity index (χ1) is 12.3. The summed E-state index contributed by atoms with van der Waals surface area (Å²) in [6, 6.07) is 10.5. The van der Waals surface area contributed by atoms with Crippen molar-refractivity contribution in [3.05, 3.63) is 80.4 Å². The molecule has 0 unspecified atom stereocenters. The molecule has 1 N–H and O–H groups in total. The second kappa shape index (κ2) is 7.98. The first kappa shape index (κ1) is 18.7. The number of nitro benzene ring substituents is 2. The van der Waals surface area contributed by atoms with E-state index in [4.69, 9.17) is 0 Å². The second-order valence-corrected chi connectivity index (χ2v) is 6.46. The molecule has 11 heteroatoms. The van der Waals surface area contributed by atoms with Crippen LogP contribution in [0, 0.1) is 20.2 Å². The Bertz CT molecular complexity index is 1000. The van der Waals surface area contributed by atoms with Crippen LogP contribution in [0.3, 0.4) is 0 Å². The molecule has 26 heavy (non-hydrogen) atoms. The molecule has 0 bridgehead atoms. The van der Waals surface area contributed by atoms with Crippen LogP contribution in [0.2, 0.25) is 0 Å². The second-order valence-electron chi connectivity index (χ2n) is 4.80. The van der Waals surface area contributed by atoms with Crippen LogP contribution in [-0.2, 0) is 10.0 Å².